The number of halogens is 1. The van der Waals surface area contributed by atoms with Crippen LogP contribution in [0.1, 0.15) is 37.7 Å². The van der Waals surface area contributed by atoms with Gasteiger partial charge in [0.1, 0.15) is 0 Å². The number of benzene rings is 1. The molecule has 19 heavy (non-hydrogen) atoms. The largest absolute Gasteiger partial charge is 0.393 e. The fourth-order valence-electron chi connectivity index (χ4n) is 2.78. The van der Waals surface area contributed by atoms with Crippen LogP contribution in [0.25, 0.3) is 0 Å². The highest BCUT2D eigenvalue weighted by Crippen LogP contribution is 2.32. The van der Waals surface area contributed by atoms with Crippen molar-refractivity contribution in [2.24, 2.45) is 5.92 Å². The Kier molecular flexibility index (Phi) is 4.93. The highest BCUT2D eigenvalue weighted by Gasteiger charge is 2.23. The minimum Gasteiger partial charge on any atom is -0.393 e. The third-order valence-corrected chi connectivity index (χ3v) is 4.82. The number of rotatable bonds is 5. The van der Waals surface area contributed by atoms with Crippen LogP contribution in [-0.2, 0) is 6.42 Å². The number of nitrogens with zero attached hydrogens (tertiary/aromatic N) is 1. The zero-order chi connectivity index (χ0) is 13.8. The second-order valence-corrected chi connectivity index (χ2v) is 5.95. The van der Waals surface area contributed by atoms with Crippen LogP contribution in [0.3, 0.4) is 0 Å². The van der Waals surface area contributed by atoms with E-state index in [4.69, 9.17) is 0 Å². The van der Waals surface area contributed by atoms with E-state index in [9.17, 15) is 15.2 Å². The molecule has 0 saturated heterocycles. The summed E-state index contributed by atoms with van der Waals surface area (Å²) < 4.78 is 0.540. The maximum Gasteiger partial charge on any atom is 0.283 e. The molecule has 1 unspecified atom stereocenters. The van der Waals surface area contributed by atoms with E-state index in [1.807, 2.05) is 6.07 Å². The van der Waals surface area contributed by atoms with Crippen molar-refractivity contribution in [2.75, 3.05) is 0 Å². The predicted molar refractivity (Wildman–Crippen MR) is 77.1 cm³/mol. The molecule has 104 valence electrons. The number of nitro benzene ring substituents is 1. The Labute approximate surface area is 121 Å². The van der Waals surface area contributed by atoms with E-state index < -0.39 is 0 Å². The molecule has 4 nitrogen and oxygen atoms in total. The molecule has 1 saturated carbocycles. The second-order valence-electron chi connectivity index (χ2n) is 5.16. The van der Waals surface area contributed by atoms with Crippen LogP contribution in [0.2, 0.25) is 0 Å². The molecule has 0 aromatic heterocycles. The Bertz CT molecular complexity index is 458. The van der Waals surface area contributed by atoms with E-state index >= 15 is 0 Å². The van der Waals surface area contributed by atoms with Gasteiger partial charge in [-0.2, -0.15) is 0 Å². The molecule has 0 radical (unpaired) electrons. The molecule has 1 atom stereocenters. The molecule has 0 bridgehead atoms. The van der Waals surface area contributed by atoms with E-state index in [1.54, 1.807) is 6.07 Å². The Morgan fingerprint density at radius 2 is 2.11 bits per heavy atom. The van der Waals surface area contributed by atoms with Crippen LogP contribution in [0.5, 0.6) is 0 Å². The van der Waals surface area contributed by atoms with E-state index in [1.165, 1.54) is 18.9 Å². The van der Waals surface area contributed by atoms with Crippen molar-refractivity contribution in [1.82, 2.24) is 0 Å². The van der Waals surface area contributed by atoms with Gasteiger partial charge in [-0.1, -0.05) is 25.0 Å². The van der Waals surface area contributed by atoms with Crippen molar-refractivity contribution in [2.45, 2.75) is 44.6 Å². The molecule has 0 amide bonds. The summed E-state index contributed by atoms with van der Waals surface area (Å²) in [6.45, 7) is 0. The van der Waals surface area contributed by atoms with Gasteiger partial charge in [0.2, 0.25) is 0 Å². The predicted octanol–water partition coefficient (Wildman–Crippen LogP) is 3.84. The summed E-state index contributed by atoms with van der Waals surface area (Å²) in [4.78, 5) is 10.5. The van der Waals surface area contributed by atoms with Crippen LogP contribution in [0.15, 0.2) is 22.7 Å². The Balaban J connectivity index is 1.99. The van der Waals surface area contributed by atoms with Gasteiger partial charge in [0, 0.05) is 6.07 Å². The van der Waals surface area contributed by atoms with Gasteiger partial charge in [0.15, 0.2) is 0 Å². The molecule has 5 heteroatoms. The van der Waals surface area contributed by atoms with Crippen molar-refractivity contribution in [3.8, 4) is 0 Å². The highest BCUT2D eigenvalue weighted by molar-refractivity contribution is 9.10. The monoisotopic (exact) mass is 327 g/mol. The SMILES string of the molecule is O=[N+]([O-])c1cccc(CCC(O)C2CCCC2)c1Br. The molecule has 2 rings (SSSR count). The third-order valence-electron chi connectivity index (χ3n) is 3.91. The third kappa shape index (κ3) is 3.54. The van der Waals surface area contributed by atoms with Crippen LogP contribution in [-0.4, -0.2) is 16.1 Å². The molecule has 1 aliphatic carbocycles. The van der Waals surface area contributed by atoms with Crippen molar-refractivity contribution < 1.29 is 10.0 Å². The molecular formula is C14H18BrNO3. The fourth-order valence-corrected chi connectivity index (χ4v) is 3.39. The van der Waals surface area contributed by atoms with Gasteiger partial charge in [-0.3, -0.25) is 10.1 Å². The lowest BCUT2D eigenvalue weighted by atomic mass is 9.95. The van der Waals surface area contributed by atoms with Gasteiger partial charge in [0.05, 0.1) is 15.5 Å². The lowest BCUT2D eigenvalue weighted by Crippen LogP contribution is -2.18. The number of aryl methyl sites for hydroxylation is 1. The zero-order valence-electron chi connectivity index (χ0n) is 10.7. The zero-order valence-corrected chi connectivity index (χ0v) is 12.3. The van der Waals surface area contributed by atoms with Gasteiger partial charge in [0.25, 0.3) is 5.69 Å². The first-order valence-electron chi connectivity index (χ1n) is 6.69. The minimum absolute atomic E-state index is 0.0906. The number of hydrogen-bond acceptors (Lipinski definition) is 3. The van der Waals surface area contributed by atoms with Gasteiger partial charge in [-0.25, -0.2) is 0 Å². The first-order valence-corrected chi connectivity index (χ1v) is 7.48. The van der Waals surface area contributed by atoms with Gasteiger partial charge in [-0.05, 0) is 53.1 Å². The fraction of sp³-hybridized carbons (Fsp3) is 0.571. The standard InChI is InChI=1S/C14H18BrNO3/c15-14-11(6-3-7-12(14)16(18)19)8-9-13(17)10-4-1-2-5-10/h3,6-7,10,13,17H,1-2,4-5,8-9H2. The van der Waals surface area contributed by atoms with Crippen LogP contribution in [0, 0.1) is 16.0 Å². The van der Waals surface area contributed by atoms with E-state index in [0.717, 1.165) is 18.4 Å². The summed E-state index contributed by atoms with van der Waals surface area (Å²) in [5, 5.41) is 21.0. The normalized spacial score (nSPS) is 17.6. The summed E-state index contributed by atoms with van der Waals surface area (Å²) >= 11 is 3.29. The van der Waals surface area contributed by atoms with Gasteiger partial charge in [-0.15, -0.1) is 0 Å². The molecule has 0 aliphatic heterocycles. The topological polar surface area (TPSA) is 63.4 Å². The molecule has 1 N–H and O–H groups in total. The second kappa shape index (κ2) is 6.48. The summed E-state index contributed by atoms with van der Waals surface area (Å²) in [5.41, 5.74) is 0.985. The number of nitro groups is 1. The number of aliphatic hydroxyl groups excluding tert-OH is 1. The molecule has 1 aromatic rings. The molecule has 1 aromatic carbocycles. The Hall–Kier alpha value is -0.940. The van der Waals surface area contributed by atoms with E-state index in [0.29, 0.717) is 23.2 Å². The average Bonchev–Trinajstić information content (AvgIpc) is 2.90. The van der Waals surface area contributed by atoms with Crippen molar-refractivity contribution in [3.05, 3.63) is 38.3 Å². The van der Waals surface area contributed by atoms with Crippen molar-refractivity contribution in [3.63, 3.8) is 0 Å². The average molecular weight is 328 g/mol. The van der Waals surface area contributed by atoms with Crippen LogP contribution in [0.4, 0.5) is 5.69 Å². The maximum atomic E-state index is 10.8. The number of hydrogen-bond donors (Lipinski definition) is 1. The minimum atomic E-state index is -0.388. The molecule has 0 spiro atoms. The van der Waals surface area contributed by atoms with E-state index in [2.05, 4.69) is 15.9 Å². The number of aliphatic hydroxyl groups is 1. The summed E-state index contributed by atoms with van der Waals surface area (Å²) in [7, 11) is 0. The first-order chi connectivity index (χ1) is 9.09. The van der Waals surface area contributed by atoms with Crippen LogP contribution >= 0.6 is 15.9 Å². The summed E-state index contributed by atoms with van der Waals surface area (Å²) in [6.07, 6.45) is 5.69. The van der Waals surface area contributed by atoms with Crippen molar-refractivity contribution >= 4 is 21.6 Å². The molecule has 1 fully saturated rings. The Morgan fingerprint density at radius 1 is 1.42 bits per heavy atom. The smallest absolute Gasteiger partial charge is 0.283 e. The molecule has 1 aliphatic rings. The maximum absolute atomic E-state index is 10.8. The Morgan fingerprint density at radius 3 is 2.74 bits per heavy atom. The van der Waals surface area contributed by atoms with Gasteiger partial charge >= 0.3 is 0 Å². The van der Waals surface area contributed by atoms with Gasteiger partial charge < -0.3 is 5.11 Å². The van der Waals surface area contributed by atoms with E-state index in [-0.39, 0.29) is 16.7 Å². The molecule has 0 heterocycles. The summed E-state index contributed by atoms with van der Waals surface area (Å²) in [6, 6.07) is 5.06. The van der Waals surface area contributed by atoms with Crippen LogP contribution < -0.4 is 0 Å². The highest BCUT2D eigenvalue weighted by atomic mass is 79.9. The quantitative estimate of drug-likeness (QED) is 0.660. The first kappa shape index (κ1) is 14.5. The van der Waals surface area contributed by atoms with Crippen molar-refractivity contribution in [1.29, 1.82) is 0 Å². The summed E-state index contributed by atoms with van der Waals surface area (Å²) in [5.74, 6) is 0.414. The molecular weight excluding hydrogens is 310 g/mol. The lowest BCUT2D eigenvalue weighted by Gasteiger charge is -2.17. The lowest BCUT2D eigenvalue weighted by molar-refractivity contribution is -0.385.